The maximum Gasteiger partial charge on any atom is 0.257 e. The van der Waals surface area contributed by atoms with Crippen molar-refractivity contribution in [1.29, 1.82) is 0 Å². The first-order chi connectivity index (χ1) is 11.7. The third kappa shape index (κ3) is 3.36. The largest absolute Gasteiger partial charge is 0.493 e. The molecular formula is C17H15N3O3S. The standard InChI is InChI=1S/C17H15N3O3S/c1-22-13-9-8-12(10-14(13)23-2)16-19-20-17(24-16)18-15(21)11-6-4-3-5-7-11/h3-10H,1-2H3,(H,18,20,21). The number of ether oxygens (including phenoxy) is 2. The van der Waals surface area contributed by atoms with Gasteiger partial charge in [-0.3, -0.25) is 10.1 Å². The van der Waals surface area contributed by atoms with Gasteiger partial charge >= 0.3 is 0 Å². The van der Waals surface area contributed by atoms with Crippen molar-refractivity contribution in [3.63, 3.8) is 0 Å². The highest BCUT2D eigenvalue weighted by Gasteiger charge is 2.13. The molecule has 3 rings (SSSR count). The summed E-state index contributed by atoms with van der Waals surface area (Å²) in [5.41, 5.74) is 1.41. The molecule has 3 aromatic rings. The highest BCUT2D eigenvalue weighted by atomic mass is 32.1. The van der Waals surface area contributed by atoms with E-state index in [1.807, 2.05) is 30.3 Å². The van der Waals surface area contributed by atoms with Crippen LogP contribution in [-0.4, -0.2) is 30.3 Å². The molecule has 0 aliphatic carbocycles. The number of hydrogen-bond acceptors (Lipinski definition) is 6. The number of amides is 1. The van der Waals surface area contributed by atoms with Crippen molar-refractivity contribution in [1.82, 2.24) is 10.2 Å². The molecule has 0 spiro atoms. The van der Waals surface area contributed by atoms with E-state index in [9.17, 15) is 4.79 Å². The van der Waals surface area contributed by atoms with E-state index >= 15 is 0 Å². The fourth-order valence-electron chi connectivity index (χ4n) is 2.12. The number of benzene rings is 2. The van der Waals surface area contributed by atoms with Gasteiger partial charge in [0.15, 0.2) is 11.5 Å². The van der Waals surface area contributed by atoms with E-state index in [4.69, 9.17) is 9.47 Å². The molecule has 0 bridgehead atoms. The van der Waals surface area contributed by atoms with Crippen molar-refractivity contribution in [3.05, 3.63) is 54.1 Å². The molecule has 0 aliphatic heterocycles. The minimum absolute atomic E-state index is 0.217. The summed E-state index contributed by atoms with van der Waals surface area (Å²) in [4.78, 5) is 12.1. The Morgan fingerprint density at radius 3 is 2.46 bits per heavy atom. The number of anilines is 1. The first-order valence-electron chi connectivity index (χ1n) is 7.13. The number of rotatable bonds is 5. The number of nitrogens with one attached hydrogen (secondary N) is 1. The second-order valence-electron chi connectivity index (χ2n) is 4.80. The molecule has 0 saturated heterocycles. The van der Waals surface area contributed by atoms with Crippen molar-refractivity contribution in [2.75, 3.05) is 19.5 Å². The van der Waals surface area contributed by atoms with Gasteiger partial charge in [-0.05, 0) is 30.3 Å². The van der Waals surface area contributed by atoms with Crippen LogP contribution < -0.4 is 14.8 Å². The summed E-state index contributed by atoms with van der Waals surface area (Å²) in [5, 5.41) is 12.0. The number of aromatic nitrogens is 2. The van der Waals surface area contributed by atoms with E-state index in [1.54, 1.807) is 32.4 Å². The summed E-state index contributed by atoms with van der Waals surface area (Å²) in [7, 11) is 3.16. The predicted octanol–water partition coefficient (Wildman–Crippen LogP) is 3.47. The third-order valence-corrected chi connectivity index (χ3v) is 4.20. The molecule has 2 aromatic carbocycles. The van der Waals surface area contributed by atoms with Gasteiger partial charge in [-0.15, -0.1) is 10.2 Å². The fraction of sp³-hybridized carbons (Fsp3) is 0.118. The Morgan fingerprint density at radius 2 is 1.75 bits per heavy atom. The van der Waals surface area contributed by atoms with Crippen LogP contribution in [0.2, 0.25) is 0 Å². The topological polar surface area (TPSA) is 73.3 Å². The smallest absolute Gasteiger partial charge is 0.257 e. The number of hydrogen-bond donors (Lipinski definition) is 1. The zero-order valence-corrected chi connectivity index (χ0v) is 14.0. The highest BCUT2D eigenvalue weighted by Crippen LogP contribution is 2.34. The van der Waals surface area contributed by atoms with Crippen LogP contribution in [0.1, 0.15) is 10.4 Å². The van der Waals surface area contributed by atoms with E-state index in [-0.39, 0.29) is 5.91 Å². The first kappa shape index (κ1) is 15.9. The van der Waals surface area contributed by atoms with Gasteiger partial charge in [0.25, 0.3) is 5.91 Å². The van der Waals surface area contributed by atoms with Gasteiger partial charge in [0.05, 0.1) is 14.2 Å². The minimum atomic E-state index is -0.217. The molecule has 0 aliphatic rings. The Labute approximate surface area is 143 Å². The Bertz CT molecular complexity index is 849. The molecular weight excluding hydrogens is 326 g/mol. The second-order valence-corrected chi connectivity index (χ2v) is 5.78. The molecule has 0 saturated carbocycles. The van der Waals surface area contributed by atoms with Gasteiger partial charge in [-0.25, -0.2) is 0 Å². The Morgan fingerprint density at radius 1 is 1.00 bits per heavy atom. The summed E-state index contributed by atoms with van der Waals surface area (Å²) < 4.78 is 10.5. The summed E-state index contributed by atoms with van der Waals surface area (Å²) in [6.07, 6.45) is 0. The van der Waals surface area contributed by atoms with Gasteiger partial charge in [0, 0.05) is 11.1 Å². The van der Waals surface area contributed by atoms with Crippen LogP contribution in [0, 0.1) is 0 Å². The number of nitrogens with zero attached hydrogens (tertiary/aromatic N) is 2. The summed E-state index contributed by atoms with van der Waals surface area (Å²) >= 11 is 1.29. The van der Waals surface area contributed by atoms with Crippen LogP contribution in [0.25, 0.3) is 10.6 Å². The average molecular weight is 341 g/mol. The lowest BCUT2D eigenvalue weighted by Crippen LogP contribution is -2.11. The molecule has 7 heteroatoms. The van der Waals surface area contributed by atoms with Gasteiger partial charge in [-0.1, -0.05) is 29.5 Å². The molecule has 6 nitrogen and oxygen atoms in total. The van der Waals surface area contributed by atoms with Crippen molar-refractivity contribution >= 4 is 22.4 Å². The van der Waals surface area contributed by atoms with Gasteiger partial charge in [0.2, 0.25) is 5.13 Å². The number of carbonyl (C=O) groups is 1. The minimum Gasteiger partial charge on any atom is -0.493 e. The van der Waals surface area contributed by atoms with Crippen LogP contribution in [0.3, 0.4) is 0 Å². The summed E-state index contributed by atoms with van der Waals surface area (Å²) in [5.74, 6) is 1.04. The molecule has 1 heterocycles. The third-order valence-electron chi connectivity index (χ3n) is 3.31. The quantitative estimate of drug-likeness (QED) is 0.769. The van der Waals surface area contributed by atoms with Crippen LogP contribution in [0.5, 0.6) is 11.5 Å². The van der Waals surface area contributed by atoms with Crippen LogP contribution >= 0.6 is 11.3 Å². The molecule has 1 aromatic heterocycles. The summed E-state index contributed by atoms with van der Waals surface area (Å²) in [6.45, 7) is 0. The van der Waals surface area contributed by atoms with Gasteiger partial charge in [0.1, 0.15) is 5.01 Å². The SMILES string of the molecule is COc1ccc(-c2nnc(NC(=O)c3ccccc3)s2)cc1OC. The maximum atomic E-state index is 12.1. The zero-order chi connectivity index (χ0) is 16.9. The van der Waals surface area contributed by atoms with E-state index in [0.717, 1.165) is 5.56 Å². The van der Waals surface area contributed by atoms with Crippen molar-refractivity contribution in [3.8, 4) is 22.1 Å². The average Bonchev–Trinajstić information content (AvgIpc) is 3.10. The van der Waals surface area contributed by atoms with Gasteiger partial charge < -0.3 is 9.47 Å². The Kier molecular flexibility index (Phi) is 4.72. The highest BCUT2D eigenvalue weighted by molar-refractivity contribution is 7.18. The second kappa shape index (κ2) is 7.10. The van der Waals surface area contributed by atoms with E-state index in [0.29, 0.717) is 27.2 Å². The van der Waals surface area contributed by atoms with Crippen LogP contribution in [0.15, 0.2) is 48.5 Å². The number of carbonyl (C=O) groups excluding carboxylic acids is 1. The zero-order valence-electron chi connectivity index (χ0n) is 13.1. The lowest BCUT2D eigenvalue weighted by atomic mass is 10.2. The van der Waals surface area contributed by atoms with Crippen LogP contribution in [-0.2, 0) is 0 Å². The van der Waals surface area contributed by atoms with Crippen molar-refractivity contribution < 1.29 is 14.3 Å². The Balaban J connectivity index is 1.79. The fourth-order valence-corrected chi connectivity index (χ4v) is 2.85. The molecule has 122 valence electrons. The lowest BCUT2D eigenvalue weighted by Gasteiger charge is -2.07. The maximum absolute atomic E-state index is 12.1. The molecule has 0 atom stereocenters. The Hall–Kier alpha value is -2.93. The van der Waals surface area contributed by atoms with E-state index in [2.05, 4.69) is 15.5 Å². The molecule has 0 fully saturated rings. The predicted molar refractivity (Wildman–Crippen MR) is 92.8 cm³/mol. The van der Waals surface area contributed by atoms with Gasteiger partial charge in [-0.2, -0.15) is 0 Å². The van der Waals surface area contributed by atoms with E-state index < -0.39 is 0 Å². The molecule has 1 N–H and O–H groups in total. The van der Waals surface area contributed by atoms with Crippen molar-refractivity contribution in [2.24, 2.45) is 0 Å². The summed E-state index contributed by atoms with van der Waals surface area (Å²) in [6, 6.07) is 14.5. The molecule has 0 unspecified atom stereocenters. The lowest BCUT2D eigenvalue weighted by molar-refractivity contribution is 0.102. The van der Waals surface area contributed by atoms with Crippen LogP contribution in [0.4, 0.5) is 5.13 Å². The molecule has 24 heavy (non-hydrogen) atoms. The molecule has 0 radical (unpaired) electrons. The molecule has 1 amide bonds. The first-order valence-corrected chi connectivity index (χ1v) is 7.95. The normalized spacial score (nSPS) is 10.2. The monoisotopic (exact) mass is 341 g/mol. The van der Waals surface area contributed by atoms with E-state index in [1.165, 1.54) is 11.3 Å². The number of methoxy groups -OCH3 is 2. The van der Waals surface area contributed by atoms with Crippen molar-refractivity contribution in [2.45, 2.75) is 0 Å².